The molecule has 0 fully saturated rings. The largest absolute Gasteiger partial charge is 0.483 e. The molecular formula is C19H24O6. The summed E-state index contributed by atoms with van der Waals surface area (Å²) in [5, 5.41) is 8.86. The van der Waals surface area contributed by atoms with Crippen LogP contribution in [0.2, 0.25) is 0 Å². The van der Waals surface area contributed by atoms with Crippen molar-refractivity contribution in [3.8, 4) is 11.5 Å². The smallest absolute Gasteiger partial charge is 0.341 e. The van der Waals surface area contributed by atoms with Crippen molar-refractivity contribution >= 4 is 11.9 Å². The summed E-state index contributed by atoms with van der Waals surface area (Å²) >= 11 is 0. The number of methoxy groups -OCH3 is 1. The highest BCUT2D eigenvalue weighted by atomic mass is 16.5. The first-order valence-corrected chi connectivity index (χ1v) is 8.12. The molecule has 0 saturated carbocycles. The van der Waals surface area contributed by atoms with Gasteiger partial charge in [0.15, 0.2) is 6.61 Å². The molecule has 6 nitrogen and oxygen atoms in total. The topological polar surface area (TPSA) is 82.1 Å². The zero-order valence-corrected chi connectivity index (χ0v) is 15.3. The number of carbonyl (C=O) groups is 2. The molecule has 6 heteroatoms. The highest BCUT2D eigenvalue weighted by Crippen LogP contribution is 2.44. The van der Waals surface area contributed by atoms with Crippen LogP contribution in [0.1, 0.15) is 35.6 Å². The minimum absolute atomic E-state index is 0.375. The number of fused-ring (bicyclic) bond motifs is 1. The van der Waals surface area contributed by atoms with Gasteiger partial charge < -0.3 is 19.3 Å². The second-order valence-electron chi connectivity index (χ2n) is 6.47. The molecule has 1 aliphatic heterocycles. The molecule has 0 radical (unpaired) electrons. The Morgan fingerprint density at radius 3 is 2.52 bits per heavy atom. The Morgan fingerprint density at radius 2 is 1.92 bits per heavy atom. The number of carbonyl (C=O) groups excluding carboxylic acids is 1. The van der Waals surface area contributed by atoms with Gasteiger partial charge in [0.2, 0.25) is 0 Å². The molecule has 0 aliphatic carbocycles. The lowest BCUT2D eigenvalue weighted by molar-refractivity contribution is -0.139. The Balaban J connectivity index is 2.39. The van der Waals surface area contributed by atoms with Crippen molar-refractivity contribution in [2.24, 2.45) is 0 Å². The quantitative estimate of drug-likeness (QED) is 0.651. The van der Waals surface area contributed by atoms with Gasteiger partial charge in [-0.05, 0) is 63.3 Å². The van der Waals surface area contributed by atoms with Crippen molar-refractivity contribution in [3.63, 3.8) is 0 Å². The Bertz CT molecular complexity index is 734. The van der Waals surface area contributed by atoms with Crippen molar-refractivity contribution in [1.82, 2.24) is 0 Å². The number of rotatable bonds is 5. The fourth-order valence-electron chi connectivity index (χ4n) is 3.03. The normalized spacial score (nSPS) is 19.2. The molecule has 25 heavy (non-hydrogen) atoms. The standard InChI is InChI=1S/C19H24O6/c1-11-12(2)18-14(13(3)17(11)24-10-15(20)21)6-8-19(4,25-18)9-7-16(22)23-5/h7,9H,6,8,10H2,1-5H3,(H,20,21)/b9-7+/t19-/m0/s1. The molecule has 1 aliphatic rings. The van der Waals surface area contributed by atoms with E-state index in [4.69, 9.17) is 14.6 Å². The SMILES string of the molecule is COC(=O)/C=C/[C@]1(C)CCc2c(C)c(OCC(=O)O)c(C)c(C)c2O1. The van der Waals surface area contributed by atoms with Crippen molar-refractivity contribution < 1.29 is 28.9 Å². The second kappa shape index (κ2) is 7.17. The first kappa shape index (κ1) is 18.8. The zero-order valence-electron chi connectivity index (χ0n) is 15.3. The average Bonchev–Trinajstić information content (AvgIpc) is 2.57. The number of hydrogen-bond acceptors (Lipinski definition) is 5. The third-order valence-electron chi connectivity index (χ3n) is 4.63. The van der Waals surface area contributed by atoms with E-state index in [1.165, 1.54) is 13.2 Å². The molecule has 1 aromatic carbocycles. The lowest BCUT2D eigenvalue weighted by atomic mass is 9.87. The average molecular weight is 348 g/mol. The summed E-state index contributed by atoms with van der Waals surface area (Å²) in [6.07, 6.45) is 4.54. The van der Waals surface area contributed by atoms with Crippen LogP contribution in [0.4, 0.5) is 0 Å². The van der Waals surface area contributed by atoms with Gasteiger partial charge in [-0.15, -0.1) is 0 Å². The molecule has 0 spiro atoms. The number of carboxylic acid groups (broad SMARTS) is 1. The van der Waals surface area contributed by atoms with Crippen LogP contribution in [0.25, 0.3) is 0 Å². The Hall–Kier alpha value is -2.50. The van der Waals surface area contributed by atoms with Gasteiger partial charge in [0, 0.05) is 11.6 Å². The molecule has 1 N–H and O–H groups in total. The monoisotopic (exact) mass is 348 g/mol. The van der Waals surface area contributed by atoms with Gasteiger partial charge in [-0.2, -0.15) is 0 Å². The fourth-order valence-corrected chi connectivity index (χ4v) is 3.03. The Labute approximate surface area is 147 Å². The van der Waals surface area contributed by atoms with Crippen molar-refractivity contribution in [2.45, 2.75) is 46.1 Å². The number of esters is 1. The summed E-state index contributed by atoms with van der Waals surface area (Å²) in [6.45, 7) is 7.28. The lowest BCUT2D eigenvalue weighted by Gasteiger charge is -2.36. The fraction of sp³-hybridized carbons (Fsp3) is 0.474. The predicted octanol–water partition coefficient (Wildman–Crippen LogP) is 2.89. The van der Waals surface area contributed by atoms with Crippen molar-refractivity contribution in [1.29, 1.82) is 0 Å². The Kier molecular flexibility index (Phi) is 5.40. The van der Waals surface area contributed by atoms with E-state index in [9.17, 15) is 9.59 Å². The Morgan fingerprint density at radius 1 is 1.24 bits per heavy atom. The van der Waals surface area contributed by atoms with E-state index < -0.39 is 17.5 Å². The molecule has 0 amide bonds. The van der Waals surface area contributed by atoms with Gasteiger partial charge in [-0.25, -0.2) is 9.59 Å². The maximum Gasteiger partial charge on any atom is 0.341 e. The lowest BCUT2D eigenvalue weighted by Crippen LogP contribution is -2.35. The number of hydrogen-bond donors (Lipinski definition) is 1. The molecule has 0 bridgehead atoms. The molecule has 0 aromatic heterocycles. The van der Waals surface area contributed by atoms with E-state index in [1.807, 2.05) is 27.7 Å². The van der Waals surface area contributed by atoms with E-state index >= 15 is 0 Å². The van der Waals surface area contributed by atoms with Crippen molar-refractivity contribution in [2.75, 3.05) is 13.7 Å². The van der Waals surface area contributed by atoms with E-state index in [-0.39, 0.29) is 6.61 Å². The third kappa shape index (κ3) is 3.95. The van der Waals surface area contributed by atoms with Crippen LogP contribution in [0.5, 0.6) is 11.5 Å². The third-order valence-corrected chi connectivity index (χ3v) is 4.63. The number of aliphatic carboxylic acids is 1. The molecule has 1 atom stereocenters. The van der Waals surface area contributed by atoms with Gasteiger partial charge in [-0.3, -0.25) is 0 Å². The predicted molar refractivity (Wildman–Crippen MR) is 92.3 cm³/mol. The first-order chi connectivity index (χ1) is 11.7. The summed E-state index contributed by atoms with van der Waals surface area (Å²) in [6, 6.07) is 0. The number of benzene rings is 1. The summed E-state index contributed by atoms with van der Waals surface area (Å²) < 4.78 is 16.3. The molecular weight excluding hydrogens is 324 g/mol. The van der Waals surface area contributed by atoms with Gasteiger partial charge >= 0.3 is 11.9 Å². The number of carboxylic acids is 1. The summed E-state index contributed by atoms with van der Waals surface area (Å²) in [5.74, 6) is -0.0417. The van der Waals surface area contributed by atoms with E-state index in [1.54, 1.807) is 6.08 Å². The highest BCUT2D eigenvalue weighted by Gasteiger charge is 2.33. The zero-order chi connectivity index (χ0) is 18.8. The van der Waals surface area contributed by atoms with Gasteiger partial charge in [0.25, 0.3) is 0 Å². The van der Waals surface area contributed by atoms with Crippen LogP contribution < -0.4 is 9.47 Å². The van der Waals surface area contributed by atoms with Crippen LogP contribution in [0, 0.1) is 20.8 Å². The van der Waals surface area contributed by atoms with E-state index in [0.29, 0.717) is 12.2 Å². The van der Waals surface area contributed by atoms with Gasteiger partial charge in [-0.1, -0.05) is 0 Å². The molecule has 1 heterocycles. The summed E-state index contributed by atoms with van der Waals surface area (Å²) in [5.41, 5.74) is 3.09. The molecule has 1 aromatic rings. The van der Waals surface area contributed by atoms with Gasteiger partial charge in [0.05, 0.1) is 7.11 Å². The van der Waals surface area contributed by atoms with Crippen LogP contribution in [0.3, 0.4) is 0 Å². The molecule has 2 rings (SSSR count). The highest BCUT2D eigenvalue weighted by molar-refractivity contribution is 5.82. The van der Waals surface area contributed by atoms with Crippen molar-refractivity contribution in [3.05, 3.63) is 34.4 Å². The minimum Gasteiger partial charge on any atom is -0.483 e. The van der Waals surface area contributed by atoms with Crippen LogP contribution in [0.15, 0.2) is 12.2 Å². The summed E-state index contributed by atoms with van der Waals surface area (Å²) in [4.78, 5) is 22.2. The maximum absolute atomic E-state index is 11.4. The second-order valence-corrected chi connectivity index (χ2v) is 6.47. The van der Waals surface area contributed by atoms with E-state index in [2.05, 4.69) is 4.74 Å². The van der Waals surface area contributed by atoms with E-state index in [0.717, 1.165) is 34.4 Å². The molecule has 0 saturated heterocycles. The molecule has 136 valence electrons. The minimum atomic E-state index is -1.01. The first-order valence-electron chi connectivity index (χ1n) is 8.12. The summed E-state index contributed by atoms with van der Waals surface area (Å²) in [7, 11) is 1.33. The maximum atomic E-state index is 11.4. The van der Waals surface area contributed by atoms with Crippen LogP contribution in [-0.4, -0.2) is 36.4 Å². The van der Waals surface area contributed by atoms with Crippen LogP contribution >= 0.6 is 0 Å². The van der Waals surface area contributed by atoms with Gasteiger partial charge in [0.1, 0.15) is 17.1 Å². The molecule has 0 unspecified atom stereocenters. The number of ether oxygens (including phenoxy) is 3. The van der Waals surface area contributed by atoms with Crippen LogP contribution in [-0.2, 0) is 20.7 Å².